The molecule has 2 N–H and O–H groups in total. The lowest BCUT2D eigenvalue weighted by molar-refractivity contribution is -0.127. The quantitative estimate of drug-likeness (QED) is 0.846. The molecule has 0 spiro atoms. The summed E-state index contributed by atoms with van der Waals surface area (Å²) in [5, 5.41) is 6.25. The van der Waals surface area contributed by atoms with Crippen LogP contribution in [0.1, 0.15) is 25.8 Å². The molecule has 2 amide bonds. The predicted octanol–water partition coefficient (Wildman–Crippen LogP) is 2.16. The summed E-state index contributed by atoms with van der Waals surface area (Å²) in [4.78, 5) is 23.4. The molecule has 1 aliphatic rings. The number of amides is 2. The maximum absolute atomic E-state index is 11.8. The Morgan fingerprint density at radius 1 is 1.43 bits per heavy atom. The van der Waals surface area contributed by atoms with E-state index in [1.165, 1.54) is 0 Å². The van der Waals surface area contributed by atoms with E-state index in [1.807, 2.05) is 38.1 Å². The van der Waals surface area contributed by atoms with Gasteiger partial charge in [0.1, 0.15) is 0 Å². The first-order valence-electron chi connectivity index (χ1n) is 7.27. The van der Waals surface area contributed by atoms with Crippen LogP contribution in [0.5, 0.6) is 0 Å². The van der Waals surface area contributed by atoms with E-state index in [2.05, 4.69) is 10.6 Å². The van der Waals surface area contributed by atoms with Crippen LogP contribution in [-0.4, -0.2) is 24.4 Å². The first-order chi connectivity index (χ1) is 9.95. The number of benzene rings is 1. The molecule has 0 aliphatic heterocycles. The predicted molar refractivity (Wildman–Crippen MR) is 83.0 cm³/mol. The van der Waals surface area contributed by atoms with Crippen molar-refractivity contribution in [3.8, 4) is 0 Å². The average Bonchev–Trinajstić information content (AvgIpc) is 3.13. The van der Waals surface area contributed by atoms with E-state index < -0.39 is 0 Å². The van der Waals surface area contributed by atoms with E-state index in [0.717, 1.165) is 12.0 Å². The Balaban J connectivity index is 1.70. The van der Waals surface area contributed by atoms with Crippen molar-refractivity contribution in [3.63, 3.8) is 0 Å². The number of carbonyl (C=O) groups excluding carboxylic acids is 2. The molecule has 3 atom stereocenters. The molecule has 0 heterocycles. The fourth-order valence-electron chi connectivity index (χ4n) is 2.38. The minimum Gasteiger partial charge on any atom is -0.352 e. The van der Waals surface area contributed by atoms with Crippen LogP contribution in [-0.2, 0) is 16.0 Å². The zero-order valence-electron chi connectivity index (χ0n) is 12.4. The van der Waals surface area contributed by atoms with Gasteiger partial charge in [-0.2, -0.15) is 0 Å². The van der Waals surface area contributed by atoms with Gasteiger partial charge in [0.25, 0.3) is 0 Å². The standard InChI is InChI=1S/C16H21ClN2O2/c1-10-6-14(10)16(21)18-9-15(20)19-11(2)7-12-4-3-5-13(17)8-12/h3-5,8,10-11,14H,6-7,9H2,1-2H3,(H,18,21)(H,19,20). The van der Waals surface area contributed by atoms with Gasteiger partial charge in [-0.15, -0.1) is 0 Å². The molecule has 0 aromatic heterocycles. The molecule has 21 heavy (non-hydrogen) atoms. The molecular formula is C16H21ClN2O2. The summed E-state index contributed by atoms with van der Waals surface area (Å²) in [6.45, 7) is 4.02. The van der Waals surface area contributed by atoms with Gasteiger partial charge >= 0.3 is 0 Å². The largest absolute Gasteiger partial charge is 0.352 e. The fourth-order valence-corrected chi connectivity index (χ4v) is 2.59. The minimum atomic E-state index is -0.161. The molecular weight excluding hydrogens is 288 g/mol. The maximum Gasteiger partial charge on any atom is 0.239 e. The molecule has 1 aromatic rings. The maximum atomic E-state index is 11.8. The van der Waals surface area contributed by atoms with Crippen molar-refractivity contribution in [2.24, 2.45) is 11.8 Å². The number of rotatable bonds is 6. The second-order valence-corrected chi connectivity index (χ2v) is 6.28. The number of hydrogen-bond donors (Lipinski definition) is 2. The third kappa shape index (κ3) is 5.05. The van der Waals surface area contributed by atoms with Gasteiger partial charge in [-0.25, -0.2) is 0 Å². The van der Waals surface area contributed by atoms with Crippen molar-refractivity contribution < 1.29 is 9.59 Å². The molecule has 0 bridgehead atoms. The Kier molecular flexibility index (Phi) is 5.23. The van der Waals surface area contributed by atoms with Crippen LogP contribution in [0.2, 0.25) is 5.02 Å². The van der Waals surface area contributed by atoms with Crippen LogP contribution in [0, 0.1) is 11.8 Å². The molecule has 1 fully saturated rings. The van der Waals surface area contributed by atoms with E-state index in [1.54, 1.807) is 0 Å². The van der Waals surface area contributed by atoms with E-state index >= 15 is 0 Å². The van der Waals surface area contributed by atoms with Gasteiger partial charge in [0, 0.05) is 17.0 Å². The zero-order valence-corrected chi connectivity index (χ0v) is 13.1. The second-order valence-electron chi connectivity index (χ2n) is 5.84. The fraction of sp³-hybridized carbons (Fsp3) is 0.500. The average molecular weight is 309 g/mol. The zero-order chi connectivity index (χ0) is 15.4. The minimum absolute atomic E-state index is 0.00674. The van der Waals surface area contributed by atoms with Gasteiger partial charge < -0.3 is 10.6 Å². The Labute approximate surface area is 130 Å². The Morgan fingerprint density at radius 2 is 2.14 bits per heavy atom. The lowest BCUT2D eigenvalue weighted by Gasteiger charge is -2.14. The number of halogens is 1. The van der Waals surface area contributed by atoms with Crippen molar-refractivity contribution in [2.75, 3.05) is 6.54 Å². The Hall–Kier alpha value is -1.55. The third-order valence-electron chi connectivity index (χ3n) is 3.71. The highest BCUT2D eigenvalue weighted by Crippen LogP contribution is 2.37. The van der Waals surface area contributed by atoms with Crippen LogP contribution in [0.4, 0.5) is 0 Å². The molecule has 2 rings (SSSR count). The van der Waals surface area contributed by atoms with E-state index in [9.17, 15) is 9.59 Å². The molecule has 3 unspecified atom stereocenters. The molecule has 1 aliphatic carbocycles. The molecule has 1 aromatic carbocycles. The summed E-state index contributed by atoms with van der Waals surface area (Å²) in [5.41, 5.74) is 1.08. The van der Waals surface area contributed by atoms with Crippen LogP contribution < -0.4 is 10.6 Å². The number of hydrogen-bond acceptors (Lipinski definition) is 2. The molecule has 114 valence electrons. The van der Waals surface area contributed by atoms with Gasteiger partial charge in [0.15, 0.2) is 0 Å². The van der Waals surface area contributed by atoms with Crippen molar-refractivity contribution >= 4 is 23.4 Å². The van der Waals surface area contributed by atoms with Crippen LogP contribution in [0.25, 0.3) is 0 Å². The van der Waals surface area contributed by atoms with Gasteiger partial charge in [0.2, 0.25) is 11.8 Å². The summed E-state index contributed by atoms with van der Waals surface area (Å²) in [6.07, 6.45) is 1.64. The normalized spacial score (nSPS) is 21.5. The first kappa shape index (κ1) is 15.8. The summed E-state index contributed by atoms with van der Waals surface area (Å²) < 4.78 is 0. The molecule has 0 saturated heterocycles. The van der Waals surface area contributed by atoms with Crippen LogP contribution in [0.15, 0.2) is 24.3 Å². The Bertz CT molecular complexity index is 533. The van der Waals surface area contributed by atoms with Crippen molar-refractivity contribution in [1.82, 2.24) is 10.6 Å². The highest BCUT2D eigenvalue weighted by atomic mass is 35.5. The van der Waals surface area contributed by atoms with Gasteiger partial charge in [-0.1, -0.05) is 30.7 Å². The van der Waals surface area contributed by atoms with Crippen molar-refractivity contribution in [2.45, 2.75) is 32.7 Å². The summed E-state index contributed by atoms with van der Waals surface area (Å²) in [7, 11) is 0. The topological polar surface area (TPSA) is 58.2 Å². The highest BCUT2D eigenvalue weighted by Gasteiger charge is 2.38. The first-order valence-corrected chi connectivity index (χ1v) is 7.65. The highest BCUT2D eigenvalue weighted by molar-refractivity contribution is 6.30. The lowest BCUT2D eigenvalue weighted by atomic mass is 10.1. The summed E-state index contributed by atoms with van der Waals surface area (Å²) in [6, 6.07) is 7.57. The van der Waals surface area contributed by atoms with E-state index in [-0.39, 0.29) is 30.3 Å². The summed E-state index contributed by atoms with van der Waals surface area (Å²) >= 11 is 5.93. The van der Waals surface area contributed by atoms with Gasteiger partial charge in [-0.3, -0.25) is 9.59 Å². The van der Waals surface area contributed by atoms with Gasteiger partial charge in [0.05, 0.1) is 6.54 Å². The monoisotopic (exact) mass is 308 g/mol. The Morgan fingerprint density at radius 3 is 2.76 bits per heavy atom. The smallest absolute Gasteiger partial charge is 0.239 e. The lowest BCUT2D eigenvalue weighted by Crippen LogP contribution is -2.42. The van der Waals surface area contributed by atoms with Crippen LogP contribution >= 0.6 is 11.6 Å². The van der Waals surface area contributed by atoms with E-state index in [4.69, 9.17) is 11.6 Å². The van der Waals surface area contributed by atoms with Crippen molar-refractivity contribution in [1.29, 1.82) is 0 Å². The molecule has 5 heteroatoms. The third-order valence-corrected chi connectivity index (χ3v) is 3.94. The van der Waals surface area contributed by atoms with Crippen molar-refractivity contribution in [3.05, 3.63) is 34.9 Å². The SMILES string of the molecule is CC(Cc1cccc(Cl)c1)NC(=O)CNC(=O)C1CC1C. The second kappa shape index (κ2) is 6.94. The number of nitrogens with one attached hydrogen (secondary N) is 2. The van der Waals surface area contributed by atoms with Gasteiger partial charge in [-0.05, 0) is 43.4 Å². The summed E-state index contributed by atoms with van der Waals surface area (Å²) in [5.74, 6) is 0.378. The molecule has 0 radical (unpaired) electrons. The molecule has 1 saturated carbocycles. The number of carbonyl (C=O) groups is 2. The van der Waals surface area contributed by atoms with E-state index in [0.29, 0.717) is 17.4 Å². The van der Waals surface area contributed by atoms with Crippen LogP contribution in [0.3, 0.4) is 0 Å². The molecule has 4 nitrogen and oxygen atoms in total.